The Balaban J connectivity index is 1.59. The largest absolute Gasteiger partial charge is 0.394 e. The van der Waals surface area contributed by atoms with Gasteiger partial charge in [-0.3, -0.25) is 9.78 Å². The van der Waals surface area contributed by atoms with Gasteiger partial charge in [0.05, 0.1) is 12.3 Å². The summed E-state index contributed by atoms with van der Waals surface area (Å²) in [6.45, 7) is 1.66. The first kappa shape index (κ1) is 17.4. The van der Waals surface area contributed by atoms with Gasteiger partial charge in [-0.15, -0.1) is 5.10 Å². The van der Waals surface area contributed by atoms with Crippen molar-refractivity contribution in [3.63, 3.8) is 0 Å². The Labute approximate surface area is 159 Å². The Hall–Kier alpha value is -2.72. The number of nitrogens with one attached hydrogen (secondary N) is 1. The second-order valence-corrected chi connectivity index (χ2v) is 7.23. The van der Waals surface area contributed by atoms with Gasteiger partial charge in [0, 0.05) is 5.56 Å². The number of aromatic amines is 1. The van der Waals surface area contributed by atoms with Gasteiger partial charge in [0.15, 0.2) is 6.29 Å². The van der Waals surface area contributed by atoms with E-state index in [0.29, 0.717) is 11.2 Å². The van der Waals surface area contributed by atoms with E-state index in [2.05, 4.69) is 10.1 Å². The summed E-state index contributed by atoms with van der Waals surface area (Å²) >= 11 is 0. The lowest BCUT2D eigenvalue weighted by Gasteiger charge is -2.27. The highest BCUT2D eigenvalue weighted by Crippen LogP contribution is 2.53. The maximum atomic E-state index is 12.2. The molecule has 4 N–H and O–H groups in total. The summed E-state index contributed by atoms with van der Waals surface area (Å²) in [5, 5.41) is 14.1. The van der Waals surface area contributed by atoms with Gasteiger partial charge in [0.2, 0.25) is 5.95 Å². The van der Waals surface area contributed by atoms with Crippen molar-refractivity contribution >= 4 is 11.5 Å². The molecule has 2 aromatic heterocycles. The first-order chi connectivity index (χ1) is 13.5. The zero-order valence-corrected chi connectivity index (χ0v) is 15.1. The number of ether oxygens (including phenoxy) is 3. The Kier molecular flexibility index (Phi) is 3.81. The summed E-state index contributed by atoms with van der Waals surface area (Å²) in [5.41, 5.74) is 6.32. The van der Waals surface area contributed by atoms with Crippen LogP contribution >= 0.6 is 0 Å². The third-order valence-electron chi connectivity index (χ3n) is 5.45. The highest BCUT2D eigenvalue weighted by atomic mass is 16.8. The Morgan fingerprint density at radius 2 is 2.04 bits per heavy atom. The summed E-state index contributed by atoms with van der Waals surface area (Å²) in [6, 6.07) is 13.0. The first-order valence-corrected chi connectivity index (χ1v) is 9.03. The zero-order chi connectivity index (χ0) is 19.5. The Bertz CT molecular complexity index is 1080. The van der Waals surface area contributed by atoms with Crippen LogP contribution in [0.3, 0.4) is 0 Å². The predicted octanol–water partition coefficient (Wildman–Crippen LogP) is 0.910. The van der Waals surface area contributed by atoms with Crippen LogP contribution in [0.1, 0.15) is 30.6 Å². The average molecular weight is 384 g/mol. The number of rotatable bonds is 3. The Morgan fingerprint density at radius 1 is 1.25 bits per heavy atom. The normalized spacial score (nSPS) is 32.1. The van der Waals surface area contributed by atoms with Gasteiger partial charge in [0.1, 0.15) is 29.4 Å². The molecule has 1 unspecified atom stereocenters. The highest BCUT2D eigenvalue weighted by Gasteiger charge is 2.62. The fourth-order valence-electron chi connectivity index (χ4n) is 4.14. The number of aliphatic hydroxyl groups excluding tert-OH is 1. The number of nitrogen functional groups attached to an aromatic ring is 1. The summed E-state index contributed by atoms with van der Waals surface area (Å²) in [5.74, 6) is -0.000824. The van der Waals surface area contributed by atoms with Crippen LogP contribution in [0.2, 0.25) is 0 Å². The summed E-state index contributed by atoms with van der Waals surface area (Å²) in [4.78, 5) is 14.6. The lowest BCUT2D eigenvalue weighted by Crippen LogP contribution is -2.40. The molecule has 0 bridgehead atoms. The minimum atomic E-state index is -0.888. The molecule has 0 spiro atoms. The molecular weight excluding hydrogens is 364 g/mol. The minimum absolute atomic E-state index is 0.000824. The number of aliphatic hydroxyl groups is 1. The smallest absolute Gasteiger partial charge is 0.276 e. The van der Waals surface area contributed by atoms with Crippen LogP contribution < -0.4 is 11.3 Å². The second kappa shape index (κ2) is 6.14. The molecule has 2 aliphatic rings. The number of aromatic nitrogens is 3. The highest BCUT2D eigenvalue weighted by molar-refractivity contribution is 5.48. The van der Waals surface area contributed by atoms with Crippen LogP contribution in [0.5, 0.6) is 0 Å². The van der Waals surface area contributed by atoms with Crippen LogP contribution in [0, 0.1) is 0 Å². The number of hydrogen-bond acceptors (Lipinski definition) is 7. The maximum absolute atomic E-state index is 12.2. The standard InChI is InChI=1S/C19H20N4O5/c1-19-14(11-7-8-12-16(25)21-18(20)22-23(11)12)26-13(9-24)15(19)27-17(28-19)10-5-3-2-4-6-10/h2-8,13-15,17,24H,9H2,1H3,(H3,20,21,22,25)/t13-,14+,15-,17?,19+/m1/s1. The molecule has 0 saturated carbocycles. The third-order valence-corrected chi connectivity index (χ3v) is 5.45. The molecule has 5 atom stereocenters. The van der Waals surface area contributed by atoms with E-state index in [-0.39, 0.29) is 18.1 Å². The van der Waals surface area contributed by atoms with E-state index in [1.807, 2.05) is 37.3 Å². The molecule has 2 aliphatic heterocycles. The fraction of sp³-hybridized carbons (Fsp3) is 0.368. The quantitative estimate of drug-likeness (QED) is 0.613. The third kappa shape index (κ3) is 2.41. The van der Waals surface area contributed by atoms with E-state index in [1.54, 1.807) is 12.1 Å². The van der Waals surface area contributed by atoms with Gasteiger partial charge in [-0.25, -0.2) is 4.52 Å². The monoisotopic (exact) mass is 384 g/mol. The van der Waals surface area contributed by atoms with Crippen LogP contribution in [0.15, 0.2) is 47.3 Å². The van der Waals surface area contributed by atoms with Crippen molar-refractivity contribution in [2.45, 2.75) is 37.1 Å². The molecule has 0 amide bonds. The van der Waals surface area contributed by atoms with Gasteiger partial charge in [-0.05, 0) is 19.1 Å². The van der Waals surface area contributed by atoms with Crippen LogP contribution in [-0.4, -0.2) is 44.1 Å². The van der Waals surface area contributed by atoms with Crippen molar-refractivity contribution in [2.75, 3.05) is 12.3 Å². The number of nitrogens with zero attached hydrogens (tertiary/aromatic N) is 2. The van der Waals surface area contributed by atoms with Crippen LogP contribution in [0.4, 0.5) is 5.95 Å². The van der Waals surface area contributed by atoms with Crippen molar-refractivity contribution in [2.24, 2.45) is 0 Å². The summed E-state index contributed by atoms with van der Waals surface area (Å²) in [7, 11) is 0. The van der Waals surface area contributed by atoms with Gasteiger partial charge in [-0.2, -0.15) is 0 Å². The average Bonchev–Trinajstić information content (AvgIpc) is 3.32. The maximum Gasteiger partial charge on any atom is 0.276 e. The molecule has 3 aromatic rings. The number of fused-ring (bicyclic) bond motifs is 2. The molecule has 2 saturated heterocycles. The van der Waals surface area contributed by atoms with Crippen molar-refractivity contribution in [1.82, 2.24) is 14.6 Å². The predicted molar refractivity (Wildman–Crippen MR) is 98.5 cm³/mol. The van der Waals surface area contributed by atoms with Gasteiger partial charge >= 0.3 is 0 Å². The number of benzene rings is 1. The molecule has 0 radical (unpaired) electrons. The SMILES string of the molecule is C[C@@]12OC(c3ccccc3)O[C@@H]1[C@@H](CO)O[C@H]2c1ccc2c(=O)[nH]c(N)nn12. The number of anilines is 1. The molecular formula is C19H20N4O5. The second-order valence-electron chi connectivity index (χ2n) is 7.23. The van der Waals surface area contributed by atoms with E-state index in [9.17, 15) is 9.90 Å². The van der Waals surface area contributed by atoms with Crippen LogP contribution in [-0.2, 0) is 14.2 Å². The van der Waals surface area contributed by atoms with Crippen molar-refractivity contribution in [3.05, 3.63) is 64.1 Å². The molecule has 5 rings (SSSR count). The molecule has 146 valence electrons. The lowest BCUT2D eigenvalue weighted by molar-refractivity contribution is -0.158. The van der Waals surface area contributed by atoms with Crippen molar-refractivity contribution in [1.29, 1.82) is 0 Å². The van der Waals surface area contributed by atoms with E-state index >= 15 is 0 Å². The topological polar surface area (TPSA) is 124 Å². The number of H-pyrrole nitrogens is 1. The molecule has 1 aromatic carbocycles. The molecule has 28 heavy (non-hydrogen) atoms. The van der Waals surface area contributed by atoms with Crippen LogP contribution in [0.25, 0.3) is 5.52 Å². The number of hydrogen-bond donors (Lipinski definition) is 3. The summed E-state index contributed by atoms with van der Waals surface area (Å²) in [6.07, 6.45) is -2.25. The van der Waals surface area contributed by atoms with E-state index in [4.69, 9.17) is 19.9 Å². The van der Waals surface area contributed by atoms with Gasteiger partial charge in [0.25, 0.3) is 5.56 Å². The van der Waals surface area contributed by atoms with Gasteiger partial charge < -0.3 is 25.1 Å². The van der Waals surface area contributed by atoms with E-state index in [1.165, 1.54) is 4.52 Å². The molecule has 9 heteroatoms. The lowest BCUT2D eigenvalue weighted by atomic mass is 9.91. The summed E-state index contributed by atoms with van der Waals surface area (Å²) < 4.78 is 20.0. The fourth-order valence-corrected chi connectivity index (χ4v) is 4.14. The first-order valence-electron chi connectivity index (χ1n) is 9.03. The van der Waals surface area contributed by atoms with Crippen molar-refractivity contribution < 1.29 is 19.3 Å². The number of nitrogens with two attached hydrogens (primary N) is 1. The van der Waals surface area contributed by atoms with E-state index in [0.717, 1.165) is 5.56 Å². The zero-order valence-electron chi connectivity index (χ0n) is 15.1. The van der Waals surface area contributed by atoms with Crippen molar-refractivity contribution in [3.8, 4) is 0 Å². The molecule has 0 aliphatic carbocycles. The minimum Gasteiger partial charge on any atom is -0.394 e. The van der Waals surface area contributed by atoms with E-state index < -0.39 is 30.2 Å². The molecule has 9 nitrogen and oxygen atoms in total. The molecule has 4 heterocycles. The Morgan fingerprint density at radius 3 is 2.79 bits per heavy atom. The molecule has 2 fully saturated rings. The van der Waals surface area contributed by atoms with Gasteiger partial charge in [-0.1, -0.05) is 30.3 Å².